The molecule has 0 aliphatic heterocycles. The number of hydrogen-bond acceptors (Lipinski definition) is 3. The van der Waals surface area contributed by atoms with E-state index in [2.05, 4.69) is 10.2 Å². The molecule has 0 amide bonds. The summed E-state index contributed by atoms with van der Waals surface area (Å²) in [5.41, 5.74) is 2.71. The van der Waals surface area contributed by atoms with Crippen LogP contribution in [0, 0.1) is 13.8 Å². The summed E-state index contributed by atoms with van der Waals surface area (Å²) in [6.45, 7) is 3.89. The summed E-state index contributed by atoms with van der Waals surface area (Å²) >= 11 is 0. The number of aromatic nitrogens is 4. The van der Waals surface area contributed by atoms with Crippen molar-refractivity contribution in [3.05, 3.63) is 29.2 Å². The van der Waals surface area contributed by atoms with Gasteiger partial charge in [0.05, 0.1) is 12.3 Å². The number of aryl methyl sites for hydroxylation is 3. The van der Waals surface area contributed by atoms with Crippen LogP contribution in [-0.2, 0) is 13.7 Å². The van der Waals surface area contributed by atoms with Crippen molar-refractivity contribution in [2.24, 2.45) is 7.05 Å². The molecule has 2 rings (SSSR count). The Balaban J connectivity index is 2.48. The average molecular weight is 206 g/mol. The number of aliphatic hydroxyl groups is 1. The summed E-state index contributed by atoms with van der Waals surface area (Å²) in [4.78, 5) is 0. The van der Waals surface area contributed by atoms with Gasteiger partial charge in [0.25, 0.3) is 0 Å². The second-order valence-corrected chi connectivity index (χ2v) is 3.61. The van der Waals surface area contributed by atoms with Gasteiger partial charge in [-0.25, -0.2) is 4.68 Å². The first-order valence-corrected chi connectivity index (χ1v) is 4.79. The van der Waals surface area contributed by atoms with Crippen molar-refractivity contribution in [2.45, 2.75) is 20.5 Å². The minimum atomic E-state index is -0.0420. The van der Waals surface area contributed by atoms with Gasteiger partial charge in [0.15, 0.2) is 5.82 Å². The van der Waals surface area contributed by atoms with Gasteiger partial charge in [-0.05, 0) is 19.9 Å². The number of hydrogen-bond donors (Lipinski definition) is 1. The van der Waals surface area contributed by atoms with Crippen LogP contribution < -0.4 is 0 Å². The van der Waals surface area contributed by atoms with E-state index in [1.54, 1.807) is 9.36 Å². The van der Waals surface area contributed by atoms with Crippen molar-refractivity contribution in [1.29, 1.82) is 0 Å². The van der Waals surface area contributed by atoms with E-state index in [9.17, 15) is 0 Å². The molecule has 2 aromatic rings. The molecule has 0 atom stereocenters. The maximum atomic E-state index is 8.98. The van der Waals surface area contributed by atoms with Crippen LogP contribution in [0.1, 0.15) is 17.1 Å². The quantitative estimate of drug-likeness (QED) is 0.787. The number of rotatable bonds is 2. The van der Waals surface area contributed by atoms with Gasteiger partial charge in [0.1, 0.15) is 0 Å². The molecule has 0 aliphatic carbocycles. The molecule has 2 heterocycles. The van der Waals surface area contributed by atoms with E-state index in [0.29, 0.717) is 5.69 Å². The second-order valence-electron chi connectivity index (χ2n) is 3.61. The van der Waals surface area contributed by atoms with Crippen LogP contribution in [-0.4, -0.2) is 24.7 Å². The van der Waals surface area contributed by atoms with Crippen LogP contribution in [0.4, 0.5) is 0 Å². The average Bonchev–Trinajstić information content (AvgIpc) is 2.71. The maximum absolute atomic E-state index is 8.98. The Bertz CT molecular complexity index is 464. The molecule has 15 heavy (non-hydrogen) atoms. The van der Waals surface area contributed by atoms with Crippen molar-refractivity contribution in [2.75, 3.05) is 0 Å². The standard InChI is InChI=1S/C10H14N4O/c1-7-5-10(12-13(7)3)14-8(2)4-9(6-15)11-14/h4-5,15H,6H2,1-3H3. The van der Waals surface area contributed by atoms with Crippen LogP contribution in [0.15, 0.2) is 12.1 Å². The first kappa shape index (κ1) is 9.92. The van der Waals surface area contributed by atoms with Crippen molar-refractivity contribution in [3.8, 4) is 5.82 Å². The summed E-state index contributed by atoms with van der Waals surface area (Å²) < 4.78 is 3.54. The molecule has 80 valence electrons. The fourth-order valence-corrected chi connectivity index (χ4v) is 1.49. The third-order valence-corrected chi connectivity index (χ3v) is 2.42. The van der Waals surface area contributed by atoms with Crippen LogP contribution in [0.25, 0.3) is 5.82 Å². The lowest BCUT2D eigenvalue weighted by atomic mass is 10.4. The normalized spacial score (nSPS) is 10.9. The number of aliphatic hydroxyl groups excluding tert-OH is 1. The van der Waals surface area contributed by atoms with Crippen molar-refractivity contribution < 1.29 is 5.11 Å². The molecule has 0 aromatic carbocycles. The summed E-state index contributed by atoms with van der Waals surface area (Å²) in [5.74, 6) is 0.784. The first-order chi connectivity index (χ1) is 7.11. The Kier molecular flexibility index (Phi) is 2.32. The summed E-state index contributed by atoms with van der Waals surface area (Å²) in [5, 5.41) is 17.5. The zero-order valence-electron chi connectivity index (χ0n) is 9.10. The van der Waals surface area contributed by atoms with Gasteiger partial charge < -0.3 is 5.11 Å². The molecule has 0 saturated carbocycles. The van der Waals surface area contributed by atoms with Gasteiger partial charge >= 0.3 is 0 Å². The second kappa shape index (κ2) is 3.51. The lowest BCUT2D eigenvalue weighted by Gasteiger charge is -1.97. The minimum Gasteiger partial charge on any atom is -0.390 e. The highest BCUT2D eigenvalue weighted by Crippen LogP contribution is 2.11. The molecule has 0 aliphatic rings. The highest BCUT2D eigenvalue weighted by Gasteiger charge is 2.08. The van der Waals surface area contributed by atoms with Crippen molar-refractivity contribution >= 4 is 0 Å². The van der Waals surface area contributed by atoms with Crippen LogP contribution >= 0.6 is 0 Å². The van der Waals surface area contributed by atoms with Gasteiger partial charge in [-0.3, -0.25) is 4.68 Å². The Labute approximate surface area is 88.0 Å². The van der Waals surface area contributed by atoms with Gasteiger partial charge in [-0.2, -0.15) is 10.2 Å². The Hall–Kier alpha value is -1.62. The molecule has 0 radical (unpaired) electrons. The Morgan fingerprint density at radius 2 is 1.93 bits per heavy atom. The van der Waals surface area contributed by atoms with E-state index in [0.717, 1.165) is 17.2 Å². The fourth-order valence-electron chi connectivity index (χ4n) is 1.49. The highest BCUT2D eigenvalue weighted by molar-refractivity contribution is 5.27. The van der Waals surface area contributed by atoms with E-state index in [1.165, 1.54) is 0 Å². The SMILES string of the molecule is Cc1cc(-n2nc(CO)cc2C)nn1C. The smallest absolute Gasteiger partial charge is 0.175 e. The molecule has 1 N–H and O–H groups in total. The van der Waals surface area contributed by atoms with Crippen molar-refractivity contribution in [1.82, 2.24) is 19.6 Å². The topological polar surface area (TPSA) is 55.9 Å². The maximum Gasteiger partial charge on any atom is 0.175 e. The predicted octanol–water partition coefficient (Wildman–Crippen LogP) is 0.715. The molecule has 0 spiro atoms. The van der Waals surface area contributed by atoms with Crippen molar-refractivity contribution in [3.63, 3.8) is 0 Å². The van der Waals surface area contributed by atoms with E-state index < -0.39 is 0 Å². The van der Waals surface area contributed by atoms with Crippen LogP contribution in [0.3, 0.4) is 0 Å². The van der Waals surface area contributed by atoms with Gasteiger partial charge in [0.2, 0.25) is 0 Å². The molecule has 0 unspecified atom stereocenters. The number of nitrogens with zero attached hydrogens (tertiary/aromatic N) is 4. The zero-order chi connectivity index (χ0) is 11.0. The van der Waals surface area contributed by atoms with E-state index in [4.69, 9.17) is 5.11 Å². The fraction of sp³-hybridized carbons (Fsp3) is 0.400. The third kappa shape index (κ3) is 1.66. The molecule has 5 nitrogen and oxygen atoms in total. The van der Waals surface area contributed by atoms with Gasteiger partial charge in [0, 0.05) is 24.5 Å². The van der Waals surface area contributed by atoms with E-state index >= 15 is 0 Å². The van der Waals surface area contributed by atoms with E-state index in [-0.39, 0.29) is 6.61 Å². The third-order valence-electron chi connectivity index (χ3n) is 2.42. The van der Waals surface area contributed by atoms with E-state index in [1.807, 2.05) is 33.0 Å². The highest BCUT2D eigenvalue weighted by atomic mass is 16.3. The summed E-state index contributed by atoms with van der Waals surface area (Å²) in [6, 6.07) is 3.81. The minimum absolute atomic E-state index is 0.0420. The Morgan fingerprint density at radius 3 is 2.40 bits per heavy atom. The molecule has 2 aromatic heterocycles. The monoisotopic (exact) mass is 206 g/mol. The molecule has 0 bridgehead atoms. The molecular weight excluding hydrogens is 192 g/mol. The molecule has 0 fully saturated rings. The zero-order valence-corrected chi connectivity index (χ0v) is 9.10. The largest absolute Gasteiger partial charge is 0.390 e. The van der Waals surface area contributed by atoms with Gasteiger partial charge in [-0.15, -0.1) is 0 Å². The first-order valence-electron chi connectivity index (χ1n) is 4.79. The van der Waals surface area contributed by atoms with Gasteiger partial charge in [-0.1, -0.05) is 0 Å². The molecular formula is C10H14N4O. The predicted molar refractivity (Wildman–Crippen MR) is 55.7 cm³/mol. The molecule has 0 saturated heterocycles. The summed E-state index contributed by atoms with van der Waals surface area (Å²) in [6.07, 6.45) is 0. The lowest BCUT2D eigenvalue weighted by Crippen LogP contribution is -2.01. The van der Waals surface area contributed by atoms with Crippen LogP contribution in [0.2, 0.25) is 0 Å². The molecule has 5 heteroatoms. The van der Waals surface area contributed by atoms with Crippen LogP contribution in [0.5, 0.6) is 0 Å². The summed E-state index contributed by atoms with van der Waals surface area (Å²) in [7, 11) is 1.89. The Morgan fingerprint density at radius 1 is 1.20 bits per heavy atom. The lowest BCUT2D eigenvalue weighted by molar-refractivity contribution is 0.276.